The van der Waals surface area contributed by atoms with Gasteiger partial charge in [0.1, 0.15) is 5.75 Å². The Morgan fingerprint density at radius 2 is 2.00 bits per heavy atom. The van der Waals surface area contributed by atoms with Crippen LogP contribution in [0.25, 0.3) is 0 Å². The number of benzene rings is 1. The molecule has 116 valence electrons. The zero-order valence-electron chi connectivity index (χ0n) is 12.9. The second-order valence-electron chi connectivity index (χ2n) is 5.91. The molecule has 2 N–H and O–H groups in total. The quantitative estimate of drug-likeness (QED) is 0.905. The Hall–Kier alpha value is -1.55. The van der Waals surface area contributed by atoms with Crippen LogP contribution in [0.4, 0.5) is 0 Å². The van der Waals surface area contributed by atoms with Crippen molar-refractivity contribution in [3.63, 3.8) is 0 Å². The number of hydrogen-bond donors (Lipinski definition) is 1. The van der Waals surface area contributed by atoms with Gasteiger partial charge in [-0.25, -0.2) is 0 Å². The number of nitrogens with two attached hydrogens (primary N) is 1. The van der Waals surface area contributed by atoms with Gasteiger partial charge in [-0.3, -0.25) is 4.79 Å². The maximum Gasteiger partial charge on any atom is 0.260 e. The van der Waals surface area contributed by atoms with Crippen LogP contribution >= 0.6 is 0 Å². The van der Waals surface area contributed by atoms with E-state index >= 15 is 0 Å². The fourth-order valence-corrected chi connectivity index (χ4v) is 2.69. The summed E-state index contributed by atoms with van der Waals surface area (Å²) in [6.07, 6.45) is 5.48. The third-order valence-electron chi connectivity index (χ3n) is 3.78. The predicted molar refractivity (Wildman–Crippen MR) is 84.3 cm³/mol. The Balaban J connectivity index is 1.85. The summed E-state index contributed by atoms with van der Waals surface area (Å²) < 4.78 is 5.65. The molecule has 21 heavy (non-hydrogen) atoms. The number of rotatable bonds is 5. The molecule has 0 bridgehead atoms. The standard InChI is InChI=1S/C17H26N2O2/c1-14(18)11-15-7-6-8-16(12-15)21-13-17(20)19-9-4-2-3-5-10-19/h6-8,12,14H,2-5,9-11,13,18H2,1H3. The van der Waals surface area contributed by atoms with E-state index in [4.69, 9.17) is 10.5 Å². The highest BCUT2D eigenvalue weighted by Crippen LogP contribution is 2.15. The Kier molecular flexibility index (Phi) is 6.05. The van der Waals surface area contributed by atoms with E-state index in [9.17, 15) is 4.79 Å². The number of hydrogen-bond acceptors (Lipinski definition) is 3. The van der Waals surface area contributed by atoms with E-state index in [1.54, 1.807) is 0 Å². The number of likely N-dealkylation sites (tertiary alicyclic amines) is 1. The van der Waals surface area contributed by atoms with Crippen LogP contribution in [0.3, 0.4) is 0 Å². The predicted octanol–water partition coefficient (Wildman–Crippen LogP) is 2.36. The first-order valence-corrected chi connectivity index (χ1v) is 7.90. The lowest BCUT2D eigenvalue weighted by Crippen LogP contribution is -2.35. The maximum atomic E-state index is 12.2. The molecule has 1 atom stereocenters. The first kappa shape index (κ1) is 15.8. The third-order valence-corrected chi connectivity index (χ3v) is 3.78. The van der Waals surface area contributed by atoms with Crippen molar-refractivity contribution < 1.29 is 9.53 Å². The minimum Gasteiger partial charge on any atom is -0.484 e. The Morgan fingerprint density at radius 3 is 2.67 bits per heavy atom. The van der Waals surface area contributed by atoms with Gasteiger partial charge >= 0.3 is 0 Å². The first-order chi connectivity index (χ1) is 10.1. The highest BCUT2D eigenvalue weighted by molar-refractivity contribution is 5.77. The van der Waals surface area contributed by atoms with Gasteiger partial charge in [0.15, 0.2) is 6.61 Å². The molecule has 1 saturated heterocycles. The van der Waals surface area contributed by atoms with Crippen LogP contribution in [-0.2, 0) is 11.2 Å². The largest absolute Gasteiger partial charge is 0.484 e. The van der Waals surface area contributed by atoms with Crippen LogP contribution in [-0.4, -0.2) is 36.5 Å². The molecule has 1 unspecified atom stereocenters. The van der Waals surface area contributed by atoms with Crippen molar-refractivity contribution >= 4 is 5.91 Å². The van der Waals surface area contributed by atoms with E-state index in [1.807, 2.05) is 36.1 Å². The van der Waals surface area contributed by atoms with Crippen molar-refractivity contribution in [3.05, 3.63) is 29.8 Å². The third kappa shape index (κ3) is 5.38. The van der Waals surface area contributed by atoms with Gasteiger partial charge in [0.25, 0.3) is 5.91 Å². The van der Waals surface area contributed by atoms with Gasteiger partial charge in [-0.1, -0.05) is 25.0 Å². The summed E-state index contributed by atoms with van der Waals surface area (Å²) in [7, 11) is 0. The van der Waals surface area contributed by atoms with E-state index in [1.165, 1.54) is 12.8 Å². The molecule has 0 aromatic heterocycles. The average molecular weight is 290 g/mol. The SMILES string of the molecule is CC(N)Cc1cccc(OCC(=O)N2CCCCCC2)c1. The molecule has 1 amide bonds. The summed E-state index contributed by atoms with van der Waals surface area (Å²) in [6, 6.07) is 7.97. The van der Waals surface area contributed by atoms with E-state index < -0.39 is 0 Å². The summed E-state index contributed by atoms with van der Waals surface area (Å²) >= 11 is 0. The minimum atomic E-state index is 0.0921. The van der Waals surface area contributed by atoms with Gasteiger partial charge in [0.2, 0.25) is 0 Å². The normalized spacial score (nSPS) is 17.1. The fourth-order valence-electron chi connectivity index (χ4n) is 2.69. The highest BCUT2D eigenvalue weighted by atomic mass is 16.5. The van der Waals surface area contributed by atoms with Crippen molar-refractivity contribution in [3.8, 4) is 5.75 Å². The van der Waals surface area contributed by atoms with Crippen LogP contribution in [0, 0.1) is 0 Å². The number of amides is 1. The molecular formula is C17H26N2O2. The highest BCUT2D eigenvalue weighted by Gasteiger charge is 2.15. The molecule has 0 saturated carbocycles. The minimum absolute atomic E-state index is 0.0921. The summed E-state index contributed by atoms with van der Waals surface area (Å²) in [6.45, 7) is 3.85. The molecule has 4 nitrogen and oxygen atoms in total. The van der Waals surface area contributed by atoms with Crippen molar-refractivity contribution in [1.82, 2.24) is 4.90 Å². The van der Waals surface area contributed by atoms with Gasteiger partial charge in [0.05, 0.1) is 0 Å². The summed E-state index contributed by atoms with van der Waals surface area (Å²) in [5, 5.41) is 0. The zero-order chi connectivity index (χ0) is 15.1. The Bertz CT molecular complexity index is 452. The molecule has 0 aliphatic carbocycles. The molecule has 1 fully saturated rings. The zero-order valence-corrected chi connectivity index (χ0v) is 12.9. The van der Waals surface area contributed by atoms with Crippen molar-refractivity contribution in [2.45, 2.75) is 45.1 Å². The van der Waals surface area contributed by atoms with Crippen molar-refractivity contribution in [1.29, 1.82) is 0 Å². The van der Waals surface area contributed by atoms with E-state index in [0.717, 1.165) is 43.7 Å². The second kappa shape index (κ2) is 8.03. The Morgan fingerprint density at radius 1 is 1.29 bits per heavy atom. The molecule has 1 aliphatic heterocycles. The van der Waals surface area contributed by atoms with Gasteiger partial charge in [-0.2, -0.15) is 0 Å². The molecular weight excluding hydrogens is 264 g/mol. The molecule has 1 aromatic rings. The van der Waals surface area contributed by atoms with Crippen LogP contribution in [0.1, 0.15) is 38.2 Å². The molecule has 2 rings (SSSR count). The fraction of sp³-hybridized carbons (Fsp3) is 0.588. The maximum absolute atomic E-state index is 12.2. The smallest absolute Gasteiger partial charge is 0.260 e. The number of ether oxygens (including phenoxy) is 1. The van der Waals surface area contributed by atoms with E-state index in [0.29, 0.717) is 0 Å². The summed E-state index contributed by atoms with van der Waals surface area (Å²) in [4.78, 5) is 14.1. The summed E-state index contributed by atoms with van der Waals surface area (Å²) in [5.74, 6) is 0.839. The monoisotopic (exact) mass is 290 g/mol. The van der Waals surface area contributed by atoms with E-state index in [2.05, 4.69) is 0 Å². The van der Waals surface area contributed by atoms with Crippen LogP contribution in [0.2, 0.25) is 0 Å². The van der Waals surface area contributed by atoms with Gasteiger partial charge in [-0.15, -0.1) is 0 Å². The van der Waals surface area contributed by atoms with Gasteiger partial charge in [-0.05, 0) is 43.9 Å². The van der Waals surface area contributed by atoms with Crippen molar-refractivity contribution in [2.24, 2.45) is 5.73 Å². The van der Waals surface area contributed by atoms with Gasteiger partial charge in [0, 0.05) is 19.1 Å². The van der Waals surface area contributed by atoms with Crippen LogP contribution in [0.15, 0.2) is 24.3 Å². The van der Waals surface area contributed by atoms with Crippen molar-refractivity contribution in [2.75, 3.05) is 19.7 Å². The molecule has 1 aromatic carbocycles. The van der Waals surface area contributed by atoms with E-state index in [-0.39, 0.29) is 18.6 Å². The molecule has 0 radical (unpaired) electrons. The Labute approximate surface area is 127 Å². The number of nitrogens with zero attached hydrogens (tertiary/aromatic N) is 1. The lowest BCUT2D eigenvalue weighted by molar-refractivity contribution is -0.133. The molecule has 0 spiro atoms. The van der Waals surface area contributed by atoms with Crippen LogP contribution in [0.5, 0.6) is 5.75 Å². The second-order valence-corrected chi connectivity index (χ2v) is 5.91. The lowest BCUT2D eigenvalue weighted by Gasteiger charge is -2.20. The lowest BCUT2D eigenvalue weighted by atomic mass is 10.1. The molecule has 1 heterocycles. The van der Waals surface area contributed by atoms with Gasteiger partial charge < -0.3 is 15.4 Å². The van der Waals surface area contributed by atoms with Crippen LogP contribution < -0.4 is 10.5 Å². The number of carbonyl (C=O) groups excluding carboxylic acids is 1. The topological polar surface area (TPSA) is 55.6 Å². The summed E-state index contributed by atoms with van der Waals surface area (Å²) in [5.41, 5.74) is 6.95. The molecule has 1 aliphatic rings. The number of carbonyl (C=O) groups is 1. The average Bonchev–Trinajstić information content (AvgIpc) is 2.73. The first-order valence-electron chi connectivity index (χ1n) is 7.90. The molecule has 4 heteroatoms.